The van der Waals surface area contributed by atoms with Crippen molar-refractivity contribution in [1.82, 2.24) is 15.4 Å². The van der Waals surface area contributed by atoms with Gasteiger partial charge in [0.15, 0.2) is 0 Å². The molecule has 0 saturated carbocycles. The summed E-state index contributed by atoms with van der Waals surface area (Å²) in [6.45, 7) is 5.30. The van der Waals surface area contributed by atoms with E-state index in [0.29, 0.717) is 30.4 Å². The van der Waals surface area contributed by atoms with Gasteiger partial charge in [-0.3, -0.25) is 9.78 Å². The van der Waals surface area contributed by atoms with E-state index >= 15 is 0 Å². The Labute approximate surface area is 193 Å². The summed E-state index contributed by atoms with van der Waals surface area (Å²) in [6.07, 6.45) is 6.33. The number of nitrogens with one attached hydrogen (secondary N) is 1. The summed E-state index contributed by atoms with van der Waals surface area (Å²) in [5.74, 6) is 1.66. The quantitative estimate of drug-likeness (QED) is 0.343. The van der Waals surface area contributed by atoms with Crippen LogP contribution >= 0.6 is 0 Å². The zero-order valence-electron chi connectivity index (χ0n) is 19.1. The molecule has 0 fully saturated rings. The van der Waals surface area contributed by atoms with Crippen molar-refractivity contribution in [3.63, 3.8) is 0 Å². The molecule has 0 aliphatic carbocycles. The maximum atomic E-state index is 12.5. The van der Waals surface area contributed by atoms with Crippen molar-refractivity contribution in [3.8, 4) is 28.5 Å². The summed E-state index contributed by atoms with van der Waals surface area (Å²) in [6, 6.07) is 12.9. The number of amides is 1. The maximum Gasteiger partial charge on any atom is 0.291 e. The molecule has 33 heavy (non-hydrogen) atoms. The standard InChI is InChI=1S/C25H28N4O4/c1-4-10-32-21-12-18(13-22(14-21)33-11-5-2)15-27-29-25(30)24-17-26-16-23(28-24)19-6-8-20(31-3)9-7-19/h6-9,12-17H,4-5,10-11H2,1-3H3,(H,29,30). The highest BCUT2D eigenvalue weighted by atomic mass is 16.5. The molecule has 0 spiro atoms. The topological polar surface area (TPSA) is 94.9 Å². The van der Waals surface area contributed by atoms with Crippen molar-refractivity contribution in [2.75, 3.05) is 20.3 Å². The molecule has 0 saturated heterocycles. The fourth-order valence-corrected chi connectivity index (χ4v) is 2.87. The lowest BCUT2D eigenvalue weighted by Gasteiger charge is -2.10. The number of hydrogen-bond acceptors (Lipinski definition) is 7. The monoisotopic (exact) mass is 448 g/mol. The minimum Gasteiger partial charge on any atom is -0.497 e. The molecule has 0 aliphatic rings. The largest absolute Gasteiger partial charge is 0.497 e. The van der Waals surface area contributed by atoms with Crippen LogP contribution in [0.25, 0.3) is 11.3 Å². The number of carbonyl (C=O) groups is 1. The second-order valence-electron chi connectivity index (χ2n) is 7.15. The number of benzene rings is 2. The number of nitrogens with zero attached hydrogens (tertiary/aromatic N) is 3. The molecule has 0 aliphatic heterocycles. The van der Waals surface area contributed by atoms with Gasteiger partial charge in [0.2, 0.25) is 0 Å². The Morgan fingerprint density at radius 3 is 2.24 bits per heavy atom. The van der Waals surface area contributed by atoms with E-state index in [-0.39, 0.29) is 5.69 Å². The van der Waals surface area contributed by atoms with Crippen LogP contribution in [0.15, 0.2) is 60.0 Å². The van der Waals surface area contributed by atoms with Gasteiger partial charge in [-0.05, 0) is 49.2 Å². The molecule has 0 radical (unpaired) electrons. The van der Waals surface area contributed by atoms with Gasteiger partial charge in [-0.15, -0.1) is 0 Å². The van der Waals surface area contributed by atoms with E-state index in [4.69, 9.17) is 14.2 Å². The van der Waals surface area contributed by atoms with Crippen molar-refractivity contribution in [1.29, 1.82) is 0 Å². The smallest absolute Gasteiger partial charge is 0.291 e. The first-order valence-corrected chi connectivity index (χ1v) is 10.8. The SMILES string of the molecule is CCCOc1cc(C=NNC(=O)c2cncc(-c3ccc(OC)cc3)n2)cc(OCCC)c1. The number of methoxy groups -OCH3 is 1. The molecule has 8 nitrogen and oxygen atoms in total. The summed E-state index contributed by atoms with van der Waals surface area (Å²) in [5.41, 5.74) is 4.80. The first-order valence-electron chi connectivity index (χ1n) is 10.8. The van der Waals surface area contributed by atoms with E-state index in [1.165, 1.54) is 12.4 Å². The highest BCUT2D eigenvalue weighted by Gasteiger charge is 2.10. The van der Waals surface area contributed by atoms with Crippen molar-refractivity contribution in [3.05, 3.63) is 66.1 Å². The molecule has 8 heteroatoms. The van der Waals surface area contributed by atoms with Crippen LogP contribution in [-0.2, 0) is 0 Å². The van der Waals surface area contributed by atoms with Crippen LogP contribution in [0, 0.1) is 0 Å². The predicted octanol–water partition coefficient (Wildman–Crippen LogP) is 4.49. The van der Waals surface area contributed by atoms with Gasteiger partial charge in [-0.1, -0.05) is 13.8 Å². The number of aromatic nitrogens is 2. The van der Waals surface area contributed by atoms with Crippen LogP contribution in [0.1, 0.15) is 42.7 Å². The minimum absolute atomic E-state index is 0.160. The maximum absolute atomic E-state index is 12.5. The van der Waals surface area contributed by atoms with Crippen molar-refractivity contribution < 1.29 is 19.0 Å². The Morgan fingerprint density at radius 1 is 0.970 bits per heavy atom. The second-order valence-corrected chi connectivity index (χ2v) is 7.15. The molecule has 0 unspecified atom stereocenters. The van der Waals surface area contributed by atoms with Crippen LogP contribution in [0.2, 0.25) is 0 Å². The first kappa shape index (κ1) is 23.7. The highest BCUT2D eigenvalue weighted by Crippen LogP contribution is 2.23. The lowest BCUT2D eigenvalue weighted by molar-refractivity contribution is 0.0950. The van der Waals surface area contributed by atoms with Crippen LogP contribution in [0.5, 0.6) is 17.2 Å². The van der Waals surface area contributed by atoms with Crippen LogP contribution in [0.4, 0.5) is 0 Å². The van der Waals surface area contributed by atoms with Crippen LogP contribution in [0.3, 0.4) is 0 Å². The van der Waals surface area contributed by atoms with Gasteiger partial charge in [0.25, 0.3) is 5.91 Å². The molecule has 1 aromatic heterocycles. The van der Waals surface area contributed by atoms with Gasteiger partial charge in [0, 0.05) is 17.2 Å². The summed E-state index contributed by atoms with van der Waals surface area (Å²) >= 11 is 0. The van der Waals surface area contributed by atoms with Gasteiger partial charge in [-0.2, -0.15) is 5.10 Å². The van der Waals surface area contributed by atoms with E-state index in [2.05, 4.69) is 20.5 Å². The van der Waals surface area contributed by atoms with Crippen molar-refractivity contribution >= 4 is 12.1 Å². The molecular weight excluding hydrogens is 420 g/mol. The Hall–Kier alpha value is -3.94. The fraction of sp³-hybridized carbons (Fsp3) is 0.280. The van der Waals surface area contributed by atoms with E-state index in [0.717, 1.165) is 29.7 Å². The number of hydrogen-bond donors (Lipinski definition) is 1. The number of rotatable bonds is 11. The van der Waals surface area contributed by atoms with Crippen molar-refractivity contribution in [2.24, 2.45) is 5.10 Å². The number of hydrazone groups is 1. The van der Waals surface area contributed by atoms with Gasteiger partial charge in [0.1, 0.15) is 22.9 Å². The van der Waals surface area contributed by atoms with Gasteiger partial charge < -0.3 is 14.2 Å². The summed E-state index contributed by atoms with van der Waals surface area (Å²) < 4.78 is 16.6. The number of carbonyl (C=O) groups excluding carboxylic acids is 1. The molecule has 2 aromatic carbocycles. The zero-order valence-corrected chi connectivity index (χ0v) is 19.1. The van der Waals surface area contributed by atoms with Crippen LogP contribution < -0.4 is 19.6 Å². The molecule has 3 rings (SSSR count). The molecule has 0 bridgehead atoms. The third-order valence-corrected chi connectivity index (χ3v) is 4.48. The normalized spacial score (nSPS) is 10.8. The third-order valence-electron chi connectivity index (χ3n) is 4.48. The lowest BCUT2D eigenvalue weighted by atomic mass is 10.1. The molecule has 1 amide bonds. The number of ether oxygens (including phenoxy) is 3. The Balaban J connectivity index is 1.70. The summed E-state index contributed by atoms with van der Waals surface area (Å²) in [5, 5.41) is 4.07. The van der Waals surface area contributed by atoms with E-state index in [9.17, 15) is 4.79 Å². The van der Waals surface area contributed by atoms with Crippen LogP contribution in [-0.4, -0.2) is 42.4 Å². The van der Waals surface area contributed by atoms with Gasteiger partial charge in [0.05, 0.1) is 44.6 Å². The third kappa shape index (κ3) is 7.03. The second kappa shape index (κ2) is 12.2. The highest BCUT2D eigenvalue weighted by molar-refractivity contribution is 5.93. The lowest BCUT2D eigenvalue weighted by Crippen LogP contribution is -2.19. The Bertz CT molecular complexity index is 1060. The molecule has 172 valence electrons. The van der Waals surface area contributed by atoms with Gasteiger partial charge in [-0.25, -0.2) is 10.4 Å². The molecule has 0 atom stereocenters. The predicted molar refractivity (Wildman–Crippen MR) is 127 cm³/mol. The summed E-state index contributed by atoms with van der Waals surface area (Å²) in [4.78, 5) is 21.1. The average Bonchev–Trinajstić information content (AvgIpc) is 2.86. The summed E-state index contributed by atoms with van der Waals surface area (Å²) in [7, 11) is 1.60. The van der Waals surface area contributed by atoms with E-state index < -0.39 is 5.91 Å². The van der Waals surface area contributed by atoms with Gasteiger partial charge >= 0.3 is 0 Å². The molecular formula is C25H28N4O4. The zero-order chi connectivity index (χ0) is 23.5. The molecule has 1 heterocycles. The fourth-order valence-electron chi connectivity index (χ4n) is 2.87. The Morgan fingerprint density at radius 2 is 1.64 bits per heavy atom. The molecule has 1 N–H and O–H groups in total. The Kier molecular flexibility index (Phi) is 8.76. The molecule has 3 aromatic rings. The average molecular weight is 449 g/mol. The minimum atomic E-state index is -0.463. The van der Waals surface area contributed by atoms with Crippen molar-refractivity contribution in [2.45, 2.75) is 26.7 Å². The van der Waals surface area contributed by atoms with E-state index in [1.54, 1.807) is 13.3 Å². The van der Waals surface area contributed by atoms with E-state index in [1.807, 2.05) is 56.3 Å². The first-order chi connectivity index (χ1) is 16.1.